The van der Waals surface area contributed by atoms with Crippen molar-refractivity contribution in [2.75, 3.05) is 6.54 Å². The number of amides is 2. The van der Waals surface area contributed by atoms with Crippen LogP contribution < -0.4 is 5.32 Å². The molecule has 1 aliphatic rings. The molecule has 1 heterocycles. The summed E-state index contributed by atoms with van der Waals surface area (Å²) in [5.74, 6) is -0.304. The molecule has 0 spiro atoms. The van der Waals surface area contributed by atoms with E-state index in [0.29, 0.717) is 6.54 Å². The molecule has 0 aromatic heterocycles. The van der Waals surface area contributed by atoms with Crippen LogP contribution in [0.3, 0.4) is 0 Å². The van der Waals surface area contributed by atoms with E-state index in [1.807, 2.05) is 30.3 Å². The van der Waals surface area contributed by atoms with Crippen molar-refractivity contribution in [3.63, 3.8) is 0 Å². The summed E-state index contributed by atoms with van der Waals surface area (Å²) in [5, 5.41) is 12.5. The van der Waals surface area contributed by atoms with Gasteiger partial charge in [0, 0.05) is 13.1 Å². The van der Waals surface area contributed by atoms with Crippen LogP contribution in [-0.2, 0) is 16.1 Å². The monoisotopic (exact) mass is 306 g/mol. The SMILES string of the molecule is CC(C)(C)OC(=O)N[C@@H]1C(=O)N(Cc2ccccc2)C[C@H]1O. The van der Waals surface area contributed by atoms with Gasteiger partial charge in [-0.05, 0) is 26.3 Å². The molecule has 0 unspecified atom stereocenters. The van der Waals surface area contributed by atoms with Crippen LogP contribution in [0.25, 0.3) is 0 Å². The summed E-state index contributed by atoms with van der Waals surface area (Å²) in [5.41, 5.74) is 0.321. The van der Waals surface area contributed by atoms with Crippen LogP contribution in [0.4, 0.5) is 4.79 Å². The van der Waals surface area contributed by atoms with Gasteiger partial charge < -0.3 is 20.1 Å². The number of hydrogen-bond acceptors (Lipinski definition) is 4. The highest BCUT2D eigenvalue weighted by atomic mass is 16.6. The van der Waals surface area contributed by atoms with E-state index in [4.69, 9.17) is 4.74 Å². The summed E-state index contributed by atoms with van der Waals surface area (Å²) in [6.07, 6.45) is -1.64. The summed E-state index contributed by atoms with van der Waals surface area (Å²) in [4.78, 5) is 25.6. The second-order valence-corrected chi connectivity index (χ2v) is 6.40. The standard InChI is InChI=1S/C16H22N2O4/c1-16(2,3)22-15(21)17-13-12(19)10-18(14(13)20)9-11-7-5-4-6-8-11/h4-8,12-13,19H,9-10H2,1-3H3,(H,17,21)/t12-,13+/m1/s1. The van der Waals surface area contributed by atoms with Crippen LogP contribution in [0.1, 0.15) is 26.3 Å². The van der Waals surface area contributed by atoms with Crippen LogP contribution in [0.5, 0.6) is 0 Å². The maximum absolute atomic E-state index is 12.3. The molecule has 22 heavy (non-hydrogen) atoms. The third-order valence-corrected chi connectivity index (χ3v) is 3.26. The summed E-state index contributed by atoms with van der Waals surface area (Å²) in [7, 11) is 0. The van der Waals surface area contributed by atoms with Crippen LogP contribution in [-0.4, -0.2) is 46.3 Å². The summed E-state index contributed by atoms with van der Waals surface area (Å²) < 4.78 is 5.12. The average molecular weight is 306 g/mol. The van der Waals surface area contributed by atoms with E-state index in [1.165, 1.54) is 4.90 Å². The molecule has 2 rings (SSSR count). The van der Waals surface area contributed by atoms with Gasteiger partial charge >= 0.3 is 6.09 Å². The maximum Gasteiger partial charge on any atom is 0.408 e. The van der Waals surface area contributed by atoms with Crippen molar-refractivity contribution in [1.29, 1.82) is 0 Å². The first-order valence-electron chi connectivity index (χ1n) is 7.26. The lowest BCUT2D eigenvalue weighted by atomic mass is 10.2. The molecular weight excluding hydrogens is 284 g/mol. The largest absolute Gasteiger partial charge is 0.444 e. The number of carbonyl (C=O) groups excluding carboxylic acids is 2. The van der Waals surface area contributed by atoms with Crippen molar-refractivity contribution in [3.05, 3.63) is 35.9 Å². The number of nitrogens with zero attached hydrogens (tertiary/aromatic N) is 1. The highest BCUT2D eigenvalue weighted by Crippen LogP contribution is 2.16. The Morgan fingerprint density at radius 1 is 1.36 bits per heavy atom. The summed E-state index contributed by atoms with van der Waals surface area (Å²) in [6.45, 7) is 5.81. The minimum Gasteiger partial charge on any atom is -0.444 e. The quantitative estimate of drug-likeness (QED) is 0.882. The number of β-amino-alcohol motifs (C(OH)–C–C–N with tert-alkyl or cyclic N) is 1. The first-order chi connectivity index (χ1) is 10.3. The Balaban J connectivity index is 1.97. The van der Waals surface area contributed by atoms with Crippen LogP contribution in [0.2, 0.25) is 0 Å². The van der Waals surface area contributed by atoms with E-state index in [2.05, 4.69) is 5.32 Å². The number of aliphatic hydroxyl groups is 1. The average Bonchev–Trinajstić information content (AvgIpc) is 2.66. The Bertz CT molecular complexity index is 539. The van der Waals surface area contributed by atoms with Gasteiger partial charge in [-0.3, -0.25) is 4.79 Å². The van der Waals surface area contributed by atoms with Gasteiger partial charge in [0.1, 0.15) is 17.7 Å². The highest BCUT2D eigenvalue weighted by Gasteiger charge is 2.40. The van der Waals surface area contributed by atoms with E-state index in [-0.39, 0.29) is 12.5 Å². The highest BCUT2D eigenvalue weighted by molar-refractivity contribution is 5.88. The van der Waals surface area contributed by atoms with Gasteiger partial charge in [0.05, 0.1) is 0 Å². The fourth-order valence-electron chi connectivity index (χ4n) is 2.32. The molecule has 0 bridgehead atoms. The topological polar surface area (TPSA) is 78.9 Å². The molecule has 0 aliphatic carbocycles. The smallest absolute Gasteiger partial charge is 0.408 e. The molecule has 6 heteroatoms. The van der Waals surface area contributed by atoms with Crippen LogP contribution in [0, 0.1) is 0 Å². The number of likely N-dealkylation sites (tertiary alicyclic amines) is 1. The van der Waals surface area contributed by atoms with Crippen LogP contribution in [0.15, 0.2) is 30.3 Å². The van der Waals surface area contributed by atoms with Gasteiger partial charge in [-0.25, -0.2) is 4.79 Å². The van der Waals surface area contributed by atoms with Gasteiger partial charge in [-0.15, -0.1) is 0 Å². The third-order valence-electron chi connectivity index (χ3n) is 3.26. The first-order valence-corrected chi connectivity index (χ1v) is 7.26. The molecule has 2 N–H and O–H groups in total. The zero-order valence-corrected chi connectivity index (χ0v) is 13.1. The van der Waals surface area contributed by atoms with E-state index in [9.17, 15) is 14.7 Å². The van der Waals surface area contributed by atoms with Gasteiger partial charge in [-0.1, -0.05) is 30.3 Å². The molecule has 2 amide bonds. The van der Waals surface area contributed by atoms with Gasteiger partial charge in [0.25, 0.3) is 0 Å². The van der Waals surface area contributed by atoms with E-state index in [0.717, 1.165) is 5.56 Å². The molecule has 1 saturated heterocycles. The predicted octanol–water partition coefficient (Wildman–Crippen LogP) is 1.28. The van der Waals surface area contributed by atoms with E-state index >= 15 is 0 Å². The maximum atomic E-state index is 12.3. The molecule has 1 aromatic rings. The number of rotatable bonds is 3. The number of alkyl carbamates (subject to hydrolysis) is 1. The number of ether oxygens (including phenoxy) is 1. The molecular formula is C16H22N2O4. The summed E-state index contributed by atoms with van der Waals surface area (Å²) >= 11 is 0. The minimum absolute atomic E-state index is 0.189. The Morgan fingerprint density at radius 2 is 2.00 bits per heavy atom. The molecule has 120 valence electrons. The number of benzene rings is 1. The minimum atomic E-state index is -0.960. The lowest BCUT2D eigenvalue weighted by Gasteiger charge is -2.22. The first kappa shape index (κ1) is 16.3. The zero-order valence-electron chi connectivity index (χ0n) is 13.1. The van der Waals surface area contributed by atoms with Crippen molar-refractivity contribution in [2.24, 2.45) is 0 Å². The van der Waals surface area contributed by atoms with Crippen molar-refractivity contribution < 1.29 is 19.4 Å². The Hall–Kier alpha value is -2.08. The van der Waals surface area contributed by atoms with Crippen molar-refractivity contribution in [3.8, 4) is 0 Å². The molecule has 1 aliphatic heterocycles. The Kier molecular flexibility index (Phi) is 4.71. The zero-order chi connectivity index (χ0) is 16.3. The number of aliphatic hydroxyl groups excluding tert-OH is 1. The summed E-state index contributed by atoms with van der Waals surface area (Å²) in [6, 6.07) is 8.55. The lowest BCUT2D eigenvalue weighted by molar-refractivity contribution is -0.130. The Morgan fingerprint density at radius 3 is 2.59 bits per heavy atom. The molecule has 2 atom stereocenters. The van der Waals surface area contributed by atoms with Gasteiger partial charge in [0.2, 0.25) is 5.91 Å². The normalized spacial score (nSPS) is 21.8. The molecule has 6 nitrogen and oxygen atoms in total. The van der Waals surface area contributed by atoms with Crippen LogP contribution >= 0.6 is 0 Å². The predicted molar refractivity (Wildman–Crippen MR) is 81.0 cm³/mol. The third kappa shape index (κ3) is 4.21. The van der Waals surface area contributed by atoms with Gasteiger partial charge in [-0.2, -0.15) is 0 Å². The molecule has 1 fully saturated rings. The van der Waals surface area contributed by atoms with E-state index in [1.54, 1.807) is 20.8 Å². The fraction of sp³-hybridized carbons (Fsp3) is 0.500. The fourth-order valence-corrected chi connectivity index (χ4v) is 2.32. The lowest BCUT2D eigenvalue weighted by Crippen LogP contribution is -2.47. The molecule has 0 radical (unpaired) electrons. The van der Waals surface area contributed by atoms with Crippen molar-refractivity contribution in [1.82, 2.24) is 10.2 Å². The second kappa shape index (κ2) is 6.36. The van der Waals surface area contributed by atoms with E-state index < -0.39 is 23.8 Å². The number of carbonyl (C=O) groups is 2. The second-order valence-electron chi connectivity index (χ2n) is 6.40. The number of nitrogens with one attached hydrogen (secondary N) is 1. The van der Waals surface area contributed by atoms with Crippen molar-refractivity contribution in [2.45, 2.75) is 45.1 Å². The Labute approximate surface area is 130 Å². The number of hydrogen-bond donors (Lipinski definition) is 2. The molecule has 1 aromatic carbocycles. The molecule has 0 saturated carbocycles. The van der Waals surface area contributed by atoms with Crippen molar-refractivity contribution >= 4 is 12.0 Å². The van der Waals surface area contributed by atoms with Gasteiger partial charge in [0.15, 0.2) is 0 Å².